The van der Waals surface area contributed by atoms with Crippen molar-refractivity contribution in [2.45, 2.75) is 39.7 Å². The summed E-state index contributed by atoms with van der Waals surface area (Å²) in [6.07, 6.45) is 0. The summed E-state index contributed by atoms with van der Waals surface area (Å²) in [6.45, 7) is 8.38. The van der Waals surface area contributed by atoms with Crippen LogP contribution in [0.1, 0.15) is 45.5 Å². The van der Waals surface area contributed by atoms with Crippen molar-refractivity contribution in [3.05, 3.63) is 34.1 Å². The van der Waals surface area contributed by atoms with Crippen LogP contribution in [0.2, 0.25) is 10.0 Å². The number of halogens is 2. The molecule has 0 aliphatic rings. The van der Waals surface area contributed by atoms with Crippen LogP contribution in [0.4, 0.5) is 5.82 Å². The quantitative estimate of drug-likeness (QED) is 0.852. The Morgan fingerprint density at radius 2 is 1.80 bits per heavy atom. The molecule has 0 spiro atoms. The van der Waals surface area contributed by atoms with Crippen LogP contribution >= 0.6 is 23.2 Å². The second kappa shape index (κ2) is 5.66. The molecule has 3 nitrogen and oxygen atoms in total. The maximum Gasteiger partial charge on any atom is 0.132 e. The van der Waals surface area contributed by atoms with E-state index in [4.69, 9.17) is 33.9 Å². The normalized spacial score (nSPS) is 11.6. The topological polar surface area (TPSA) is 43.8 Å². The van der Waals surface area contributed by atoms with Crippen LogP contribution in [-0.4, -0.2) is 9.55 Å². The fourth-order valence-electron chi connectivity index (χ4n) is 2.30. The number of nitrogens with zero attached hydrogens (tertiary/aromatic N) is 2. The van der Waals surface area contributed by atoms with Gasteiger partial charge in [-0.25, -0.2) is 4.98 Å². The lowest BCUT2D eigenvalue weighted by Crippen LogP contribution is -2.10. The third kappa shape index (κ3) is 2.52. The van der Waals surface area contributed by atoms with Gasteiger partial charge in [-0.3, -0.25) is 0 Å². The molecule has 2 aromatic rings. The van der Waals surface area contributed by atoms with Crippen LogP contribution in [0.5, 0.6) is 0 Å². The Hall–Kier alpha value is -1.19. The zero-order valence-electron chi connectivity index (χ0n) is 12.1. The van der Waals surface area contributed by atoms with E-state index < -0.39 is 0 Å². The van der Waals surface area contributed by atoms with E-state index in [-0.39, 0.29) is 12.0 Å². The van der Waals surface area contributed by atoms with Crippen molar-refractivity contribution < 1.29 is 0 Å². The largest absolute Gasteiger partial charge is 0.383 e. The fraction of sp³-hybridized carbons (Fsp3) is 0.400. The molecule has 0 amide bonds. The first-order valence-corrected chi connectivity index (χ1v) is 7.42. The summed E-state index contributed by atoms with van der Waals surface area (Å²) in [5, 5.41) is 0.998. The predicted octanol–water partition coefficient (Wildman–Crippen LogP) is 5.14. The van der Waals surface area contributed by atoms with Crippen molar-refractivity contribution in [3.8, 4) is 11.3 Å². The third-order valence-corrected chi connectivity index (χ3v) is 4.03. The van der Waals surface area contributed by atoms with Crippen molar-refractivity contribution in [2.24, 2.45) is 0 Å². The number of rotatable bonds is 3. The highest BCUT2D eigenvalue weighted by molar-refractivity contribution is 6.43. The molecule has 0 saturated carbocycles. The molecule has 0 fully saturated rings. The minimum absolute atomic E-state index is 0.242. The summed E-state index contributed by atoms with van der Waals surface area (Å²) in [7, 11) is 0. The van der Waals surface area contributed by atoms with Gasteiger partial charge >= 0.3 is 0 Å². The molecule has 1 aromatic carbocycles. The second-order valence-corrected chi connectivity index (χ2v) is 6.21. The van der Waals surface area contributed by atoms with Gasteiger partial charge < -0.3 is 10.3 Å². The summed E-state index contributed by atoms with van der Waals surface area (Å²) in [6, 6.07) is 5.74. The minimum atomic E-state index is 0.242. The lowest BCUT2D eigenvalue weighted by Gasteiger charge is -2.15. The molecule has 108 valence electrons. The van der Waals surface area contributed by atoms with E-state index in [1.807, 2.05) is 12.1 Å². The van der Waals surface area contributed by atoms with Gasteiger partial charge in [-0.2, -0.15) is 0 Å². The summed E-state index contributed by atoms with van der Waals surface area (Å²) < 4.78 is 2.05. The van der Waals surface area contributed by atoms with Crippen LogP contribution < -0.4 is 5.73 Å². The smallest absolute Gasteiger partial charge is 0.132 e. The van der Waals surface area contributed by atoms with Gasteiger partial charge in [0.05, 0.1) is 10.0 Å². The SMILES string of the molecule is CC(C)c1nc(-c2cccc(Cl)c2Cl)c(N)n1C(C)C. The second-order valence-electron chi connectivity index (χ2n) is 5.42. The maximum atomic E-state index is 6.29. The number of hydrogen-bond donors (Lipinski definition) is 1. The number of nitrogens with two attached hydrogens (primary N) is 1. The Balaban J connectivity index is 2.70. The molecule has 20 heavy (non-hydrogen) atoms. The molecule has 0 atom stereocenters. The van der Waals surface area contributed by atoms with Crippen LogP contribution in [0.15, 0.2) is 18.2 Å². The van der Waals surface area contributed by atoms with Crippen LogP contribution in [0, 0.1) is 0 Å². The highest BCUT2D eigenvalue weighted by Gasteiger charge is 2.21. The predicted molar refractivity (Wildman–Crippen MR) is 86.6 cm³/mol. The summed E-state index contributed by atoms with van der Waals surface area (Å²) in [5.41, 5.74) is 7.77. The van der Waals surface area contributed by atoms with Crippen LogP contribution in [0.25, 0.3) is 11.3 Å². The molecule has 0 bridgehead atoms. The summed E-state index contributed by atoms with van der Waals surface area (Å²) in [5.74, 6) is 1.88. The number of anilines is 1. The van der Waals surface area contributed by atoms with Gasteiger partial charge in [0.1, 0.15) is 17.3 Å². The number of imidazole rings is 1. The lowest BCUT2D eigenvalue weighted by molar-refractivity contribution is 0.556. The average Bonchev–Trinajstić information content (AvgIpc) is 2.71. The average molecular weight is 312 g/mol. The lowest BCUT2D eigenvalue weighted by atomic mass is 10.1. The molecule has 2 N–H and O–H groups in total. The van der Waals surface area contributed by atoms with Crippen molar-refractivity contribution in [1.29, 1.82) is 0 Å². The Kier molecular flexibility index (Phi) is 4.31. The first-order valence-electron chi connectivity index (χ1n) is 6.66. The van der Waals surface area contributed by atoms with E-state index in [1.165, 1.54) is 0 Å². The molecule has 0 unspecified atom stereocenters. The summed E-state index contributed by atoms with van der Waals surface area (Å²) in [4.78, 5) is 4.70. The Labute approximate surface area is 129 Å². The first-order chi connectivity index (χ1) is 9.34. The molecule has 0 radical (unpaired) electrons. The Bertz CT molecular complexity index is 630. The fourth-order valence-corrected chi connectivity index (χ4v) is 2.69. The molecule has 0 aliphatic carbocycles. The van der Waals surface area contributed by atoms with Crippen molar-refractivity contribution in [3.63, 3.8) is 0 Å². The first kappa shape index (κ1) is 15.2. The van der Waals surface area contributed by atoms with Gasteiger partial charge in [-0.1, -0.05) is 49.2 Å². The maximum absolute atomic E-state index is 6.29. The highest BCUT2D eigenvalue weighted by Crippen LogP contribution is 2.38. The van der Waals surface area contributed by atoms with Gasteiger partial charge in [0.15, 0.2) is 0 Å². The van der Waals surface area contributed by atoms with Gasteiger partial charge in [-0.05, 0) is 19.9 Å². The van der Waals surface area contributed by atoms with Gasteiger partial charge in [0, 0.05) is 17.5 Å². The number of nitrogen functional groups attached to an aromatic ring is 1. The summed E-state index contributed by atoms with van der Waals surface area (Å²) >= 11 is 12.4. The van der Waals surface area contributed by atoms with Crippen LogP contribution in [0.3, 0.4) is 0 Å². The van der Waals surface area contributed by atoms with E-state index >= 15 is 0 Å². The standard InChI is InChI=1S/C15H19Cl2N3/c1-8(2)15-19-13(14(18)20(15)9(3)4)10-6-5-7-11(16)12(10)17/h5-9H,18H2,1-4H3. The number of aromatic nitrogens is 2. The molecular formula is C15H19Cl2N3. The van der Waals surface area contributed by atoms with Gasteiger partial charge in [0.25, 0.3) is 0 Å². The van der Waals surface area contributed by atoms with E-state index in [2.05, 4.69) is 32.3 Å². The molecule has 1 heterocycles. The zero-order chi connectivity index (χ0) is 15.0. The molecule has 2 rings (SSSR count). The van der Waals surface area contributed by atoms with E-state index in [0.717, 1.165) is 11.4 Å². The van der Waals surface area contributed by atoms with Crippen molar-refractivity contribution >= 4 is 29.0 Å². The Morgan fingerprint density at radius 3 is 2.30 bits per heavy atom. The number of benzene rings is 1. The van der Waals surface area contributed by atoms with Crippen molar-refractivity contribution in [2.75, 3.05) is 5.73 Å². The Morgan fingerprint density at radius 1 is 1.15 bits per heavy atom. The monoisotopic (exact) mass is 311 g/mol. The molecular weight excluding hydrogens is 293 g/mol. The molecule has 1 aromatic heterocycles. The van der Waals surface area contributed by atoms with Crippen molar-refractivity contribution in [1.82, 2.24) is 9.55 Å². The molecule has 5 heteroatoms. The van der Waals surface area contributed by atoms with Crippen LogP contribution in [-0.2, 0) is 0 Å². The van der Waals surface area contributed by atoms with Gasteiger partial charge in [-0.15, -0.1) is 0 Å². The molecule has 0 aliphatic heterocycles. The van der Waals surface area contributed by atoms with E-state index in [1.54, 1.807) is 6.07 Å². The number of hydrogen-bond acceptors (Lipinski definition) is 2. The molecule has 0 saturated heterocycles. The minimum Gasteiger partial charge on any atom is -0.383 e. The highest BCUT2D eigenvalue weighted by atomic mass is 35.5. The van der Waals surface area contributed by atoms with E-state index in [0.29, 0.717) is 21.6 Å². The van der Waals surface area contributed by atoms with E-state index in [9.17, 15) is 0 Å². The van der Waals surface area contributed by atoms with Gasteiger partial charge in [0.2, 0.25) is 0 Å². The zero-order valence-corrected chi connectivity index (χ0v) is 13.6. The third-order valence-electron chi connectivity index (χ3n) is 3.21.